The zero-order chi connectivity index (χ0) is 21.6. The van der Waals surface area contributed by atoms with Crippen molar-refractivity contribution in [1.29, 1.82) is 0 Å². The molecule has 0 atom stereocenters. The molecular weight excluding hydrogens is 388 g/mol. The highest BCUT2D eigenvalue weighted by molar-refractivity contribution is 6.01. The molecule has 0 unspecified atom stereocenters. The lowest BCUT2D eigenvalue weighted by atomic mass is 9.94. The molecule has 156 valence electrons. The number of rotatable bonds is 5. The Morgan fingerprint density at radius 2 is 1.81 bits per heavy atom. The van der Waals surface area contributed by atoms with Gasteiger partial charge in [-0.25, -0.2) is 4.98 Å². The van der Waals surface area contributed by atoms with Gasteiger partial charge in [-0.05, 0) is 66.8 Å². The van der Waals surface area contributed by atoms with E-state index < -0.39 is 5.41 Å². The van der Waals surface area contributed by atoms with Gasteiger partial charge in [-0.2, -0.15) is 5.10 Å². The third kappa shape index (κ3) is 3.34. The van der Waals surface area contributed by atoms with Crippen LogP contribution in [0.1, 0.15) is 24.1 Å². The summed E-state index contributed by atoms with van der Waals surface area (Å²) in [5.74, 6) is 0.837. The van der Waals surface area contributed by atoms with Crippen LogP contribution in [0.2, 0.25) is 0 Å². The fraction of sp³-hybridized carbons (Fsp3) is 0.240. The van der Waals surface area contributed by atoms with E-state index in [0.717, 1.165) is 57.7 Å². The first-order valence-electron chi connectivity index (χ1n) is 10.4. The minimum absolute atomic E-state index is 0.0415. The van der Waals surface area contributed by atoms with Crippen molar-refractivity contribution in [2.24, 2.45) is 7.05 Å². The lowest BCUT2D eigenvalue weighted by Crippen LogP contribution is -2.27. The van der Waals surface area contributed by atoms with Crippen LogP contribution in [0.5, 0.6) is 5.75 Å². The Kier molecular flexibility index (Phi) is 4.50. The molecule has 2 aromatic heterocycles. The summed E-state index contributed by atoms with van der Waals surface area (Å²) in [6, 6.07) is 17.8. The normalized spacial score (nSPS) is 14.4. The number of nitrogens with one attached hydrogen (secondary N) is 1. The molecule has 1 amide bonds. The van der Waals surface area contributed by atoms with Gasteiger partial charge in [0.2, 0.25) is 5.91 Å². The Labute approximate surface area is 180 Å². The van der Waals surface area contributed by atoms with E-state index in [0.29, 0.717) is 0 Å². The van der Waals surface area contributed by atoms with Gasteiger partial charge >= 0.3 is 0 Å². The van der Waals surface area contributed by atoms with Crippen LogP contribution in [-0.4, -0.2) is 27.8 Å². The Hall–Kier alpha value is -3.67. The van der Waals surface area contributed by atoms with Gasteiger partial charge in [0, 0.05) is 23.8 Å². The van der Waals surface area contributed by atoms with E-state index in [4.69, 9.17) is 4.74 Å². The Morgan fingerprint density at radius 1 is 1.10 bits per heavy atom. The van der Waals surface area contributed by atoms with Gasteiger partial charge in [0.05, 0.1) is 18.7 Å². The maximum atomic E-state index is 13.1. The van der Waals surface area contributed by atoms with Crippen molar-refractivity contribution in [1.82, 2.24) is 14.8 Å². The number of methoxy groups -OCH3 is 1. The fourth-order valence-corrected chi connectivity index (χ4v) is 4.14. The monoisotopic (exact) mass is 412 g/mol. The number of fused-ring (bicyclic) bond motifs is 1. The molecule has 1 fully saturated rings. The second kappa shape index (κ2) is 7.23. The van der Waals surface area contributed by atoms with Gasteiger partial charge < -0.3 is 10.1 Å². The highest BCUT2D eigenvalue weighted by Gasteiger charge is 2.51. The van der Waals surface area contributed by atoms with Crippen LogP contribution in [0.4, 0.5) is 5.69 Å². The van der Waals surface area contributed by atoms with Crippen LogP contribution >= 0.6 is 0 Å². The number of anilines is 1. The summed E-state index contributed by atoms with van der Waals surface area (Å²) in [6.45, 7) is 1.98. The number of aromatic nitrogens is 3. The summed E-state index contributed by atoms with van der Waals surface area (Å²) in [5, 5.41) is 8.46. The number of hydrogen-bond donors (Lipinski definition) is 1. The highest BCUT2D eigenvalue weighted by atomic mass is 16.5. The second-order valence-corrected chi connectivity index (χ2v) is 8.16. The lowest BCUT2D eigenvalue weighted by molar-refractivity contribution is -0.118. The minimum Gasteiger partial charge on any atom is -0.497 e. The maximum Gasteiger partial charge on any atom is 0.235 e. The average molecular weight is 412 g/mol. The van der Waals surface area contributed by atoms with Crippen LogP contribution in [-0.2, 0) is 17.3 Å². The number of hydrogen-bond acceptors (Lipinski definition) is 4. The summed E-state index contributed by atoms with van der Waals surface area (Å²) < 4.78 is 7.02. The number of pyridine rings is 1. The Morgan fingerprint density at radius 3 is 2.45 bits per heavy atom. The number of amides is 1. The van der Waals surface area contributed by atoms with Crippen LogP contribution in [0.25, 0.3) is 22.2 Å². The molecule has 1 aliphatic carbocycles. The molecule has 0 saturated heterocycles. The number of carbonyl (C=O) groups excluding carboxylic acids is 1. The predicted octanol–water partition coefficient (Wildman–Crippen LogP) is 4.62. The molecule has 1 N–H and O–H groups in total. The van der Waals surface area contributed by atoms with Crippen molar-refractivity contribution >= 4 is 22.6 Å². The first-order valence-corrected chi connectivity index (χ1v) is 10.4. The van der Waals surface area contributed by atoms with E-state index in [9.17, 15) is 4.79 Å². The molecule has 6 nitrogen and oxygen atoms in total. The molecule has 0 spiro atoms. The first kappa shape index (κ1) is 19.3. The zero-order valence-corrected chi connectivity index (χ0v) is 17.8. The van der Waals surface area contributed by atoms with E-state index in [-0.39, 0.29) is 5.91 Å². The molecule has 6 heteroatoms. The summed E-state index contributed by atoms with van der Waals surface area (Å²) in [7, 11) is 3.54. The molecule has 2 aromatic carbocycles. The second-order valence-electron chi connectivity index (χ2n) is 8.16. The zero-order valence-electron chi connectivity index (χ0n) is 17.8. The summed E-state index contributed by atoms with van der Waals surface area (Å²) in [5.41, 5.74) is 5.36. The van der Waals surface area contributed by atoms with E-state index in [2.05, 4.69) is 21.5 Å². The topological polar surface area (TPSA) is 69.0 Å². The van der Waals surface area contributed by atoms with Gasteiger partial charge in [0.15, 0.2) is 5.65 Å². The molecule has 31 heavy (non-hydrogen) atoms. The molecule has 1 aliphatic rings. The van der Waals surface area contributed by atoms with E-state index in [1.54, 1.807) is 11.8 Å². The van der Waals surface area contributed by atoms with Crippen molar-refractivity contribution in [3.8, 4) is 16.9 Å². The van der Waals surface area contributed by atoms with Crippen molar-refractivity contribution in [2.45, 2.75) is 25.2 Å². The molecule has 0 radical (unpaired) electrons. The Balaban J connectivity index is 1.38. The lowest BCUT2D eigenvalue weighted by Gasteiger charge is -2.16. The predicted molar refractivity (Wildman–Crippen MR) is 121 cm³/mol. The van der Waals surface area contributed by atoms with Crippen molar-refractivity contribution in [3.63, 3.8) is 0 Å². The number of aryl methyl sites for hydroxylation is 2. The largest absolute Gasteiger partial charge is 0.497 e. The van der Waals surface area contributed by atoms with Gasteiger partial charge in [0.25, 0.3) is 0 Å². The Bertz CT molecular complexity index is 1270. The van der Waals surface area contributed by atoms with Gasteiger partial charge in [-0.15, -0.1) is 0 Å². The van der Waals surface area contributed by atoms with Gasteiger partial charge in [-0.3, -0.25) is 9.48 Å². The summed E-state index contributed by atoms with van der Waals surface area (Å²) >= 11 is 0. The van der Waals surface area contributed by atoms with E-state index in [1.807, 2.05) is 68.7 Å². The van der Waals surface area contributed by atoms with Crippen LogP contribution in [0.15, 0.2) is 60.8 Å². The molecule has 0 aliphatic heterocycles. The molecule has 1 saturated carbocycles. The smallest absolute Gasteiger partial charge is 0.235 e. The quantitative estimate of drug-likeness (QED) is 0.519. The number of benzene rings is 2. The van der Waals surface area contributed by atoms with Crippen LogP contribution in [0, 0.1) is 6.92 Å². The van der Waals surface area contributed by atoms with E-state index in [1.165, 1.54) is 0 Å². The number of nitrogens with zero attached hydrogens (tertiary/aromatic N) is 3. The maximum absolute atomic E-state index is 13.1. The van der Waals surface area contributed by atoms with Crippen molar-refractivity contribution in [3.05, 3.63) is 72.1 Å². The van der Waals surface area contributed by atoms with E-state index >= 15 is 0 Å². The highest BCUT2D eigenvalue weighted by Crippen LogP contribution is 2.49. The van der Waals surface area contributed by atoms with Crippen LogP contribution in [0.3, 0.4) is 0 Å². The molecule has 5 rings (SSSR count). The third-order valence-corrected chi connectivity index (χ3v) is 6.11. The minimum atomic E-state index is -0.435. The average Bonchev–Trinajstić information content (AvgIpc) is 3.53. The number of ether oxygens (including phenoxy) is 1. The standard InChI is InChI=1S/C25H24N4O2/c1-16-14-21(22-15-26-29(2)23(22)27-16)17-4-8-19(9-5-17)28-24(30)25(12-13-25)18-6-10-20(31-3)11-7-18/h4-11,14-15H,12-13H2,1-3H3,(H,28,30). The fourth-order valence-electron chi connectivity index (χ4n) is 4.14. The van der Waals surface area contributed by atoms with Gasteiger partial charge in [0.1, 0.15) is 5.75 Å². The van der Waals surface area contributed by atoms with Gasteiger partial charge in [-0.1, -0.05) is 24.3 Å². The molecule has 0 bridgehead atoms. The van der Waals surface area contributed by atoms with Crippen molar-refractivity contribution in [2.75, 3.05) is 12.4 Å². The molecular formula is C25H24N4O2. The molecule has 2 heterocycles. The number of carbonyl (C=O) groups is 1. The van der Waals surface area contributed by atoms with Crippen LogP contribution < -0.4 is 10.1 Å². The first-order chi connectivity index (χ1) is 15.0. The molecule has 4 aromatic rings. The van der Waals surface area contributed by atoms with Crippen molar-refractivity contribution < 1.29 is 9.53 Å². The summed E-state index contributed by atoms with van der Waals surface area (Å²) in [4.78, 5) is 17.7. The third-order valence-electron chi connectivity index (χ3n) is 6.11. The summed E-state index contributed by atoms with van der Waals surface area (Å²) in [6.07, 6.45) is 3.57. The SMILES string of the molecule is COc1ccc(C2(C(=O)Nc3ccc(-c4cc(C)nc5c4cnn5C)cc3)CC2)cc1.